The lowest BCUT2D eigenvalue weighted by Gasteiger charge is -2.45. The SMILES string of the molecule is CCC1(C(O)C/C=C/C2C(F)CC[C@@H]2CCCc2ccc(C(=O)O)s2)CCC1. The van der Waals surface area contributed by atoms with Crippen LogP contribution in [0.1, 0.15) is 79.3 Å². The van der Waals surface area contributed by atoms with Gasteiger partial charge in [0.05, 0.1) is 6.10 Å². The first-order chi connectivity index (χ1) is 13.4. The lowest BCUT2D eigenvalue weighted by Crippen LogP contribution is -2.40. The molecule has 0 radical (unpaired) electrons. The third-order valence-electron chi connectivity index (χ3n) is 7.12. The third-order valence-corrected chi connectivity index (χ3v) is 8.26. The molecule has 2 saturated carbocycles. The van der Waals surface area contributed by atoms with Crippen LogP contribution in [0.2, 0.25) is 0 Å². The fourth-order valence-corrected chi connectivity index (χ4v) is 5.89. The van der Waals surface area contributed by atoms with Gasteiger partial charge in [-0.2, -0.15) is 0 Å². The molecule has 2 N–H and O–H groups in total. The van der Waals surface area contributed by atoms with Gasteiger partial charge in [0.1, 0.15) is 11.0 Å². The first-order valence-corrected chi connectivity index (χ1v) is 11.6. The van der Waals surface area contributed by atoms with Crippen LogP contribution >= 0.6 is 11.3 Å². The molecule has 3 unspecified atom stereocenters. The van der Waals surface area contributed by atoms with Gasteiger partial charge in [-0.1, -0.05) is 25.5 Å². The standard InChI is InChI=1S/C23H33FO3S/c1-2-23(14-5-15-23)21(25)9-4-8-18-16(10-12-19(18)24)6-3-7-17-11-13-20(28-17)22(26)27/h4,8,11,13,16,18-19,21,25H,2-3,5-7,9-10,12,14-15H2,1H3,(H,26,27)/b8-4+/t16-,18?,19?,21?/m0/s1. The molecule has 0 aromatic carbocycles. The van der Waals surface area contributed by atoms with Crippen molar-refractivity contribution in [2.24, 2.45) is 17.3 Å². The summed E-state index contributed by atoms with van der Waals surface area (Å²) in [5, 5.41) is 19.6. The molecule has 3 rings (SSSR count). The Morgan fingerprint density at radius 2 is 2.18 bits per heavy atom. The number of halogens is 1. The number of carboxylic acids is 1. The van der Waals surface area contributed by atoms with Crippen LogP contribution in [0.4, 0.5) is 4.39 Å². The second-order valence-electron chi connectivity index (χ2n) is 8.64. The van der Waals surface area contributed by atoms with E-state index in [2.05, 4.69) is 6.92 Å². The summed E-state index contributed by atoms with van der Waals surface area (Å²) in [5.74, 6) is -0.554. The van der Waals surface area contributed by atoms with Gasteiger partial charge in [-0.05, 0) is 81.3 Å². The van der Waals surface area contributed by atoms with Crippen LogP contribution < -0.4 is 0 Å². The minimum absolute atomic E-state index is 0.0379. The third kappa shape index (κ3) is 4.85. The molecule has 2 aliphatic carbocycles. The molecule has 1 heterocycles. The van der Waals surface area contributed by atoms with E-state index in [1.807, 2.05) is 18.2 Å². The van der Waals surface area contributed by atoms with Crippen LogP contribution in [0.3, 0.4) is 0 Å². The van der Waals surface area contributed by atoms with Crippen LogP contribution in [-0.2, 0) is 6.42 Å². The maximum absolute atomic E-state index is 14.4. The maximum Gasteiger partial charge on any atom is 0.345 e. The topological polar surface area (TPSA) is 57.5 Å². The highest BCUT2D eigenvalue weighted by atomic mass is 32.1. The fourth-order valence-electron chi connectivity index (χ4n) is 5.00. The Hall–Kier alpha value is -1.20. The van der Waals surface area contributed by atoms with Crippen molar-refractivity contribution in [3.8, 4) is 0 Å². The molecule has 0 amide bonds. The van der Waals surface area contributed by atoms with Crippen LogP contribution in [0.15, 0.2) is 24.3 Å². The second kappa shape index (κ2) is 9.53. The smallest absolute Gasteiger partial charge is 0.345 e. The number of aliphatic hydroxyl groups excluding tert-OH is 1. The van der Waals surface area contributed by atoms with E-state index in [1.165, 1.54) is 17.8 Å². The van der Waals surface area contributed by atoms with Crippen LogP contribution in [0.5, 0.6) is 0 Å². The molecular formula is C23H33FO3S. The van der Waals surface area contributed by atoms with E-state index in [1.54, 1.807) is 6.07 Å². The number of thiophene rings is 1. The number of aromatic carboxylic acids is 1. The number of hydrogen-bond acceptors (Lipinski definition) is 3. The number of carbonyl (C=O) groups is 1. The predicted molar refractivity (Wildman–Crippen MR) is 112 cm³/mol. The molecule has 0 bridgehead atoms. The molecule has 1 aromatic rings. The van der Waals surface area contributed by atoms with Crippen molar-refractivity contribution in [1.82, 2.24) is 0 Å². The molecule has 3 nitrogen and oxygen atoms in total. The number of hydrogen-bond donors (Lipinski definition) is 2. The molecule has 0 saturated heterocycles. The Kier molecular flexibility index (Phi) is 7.32. The van der Waals surface area contributed by atoms with Gasteiger partial charge < -0.3 is 10.2 Å². The van der Waals surface area contributed by atoms with Gasteiger partial charge in [0.15, 0.2) is 0 Å². The van der Waals surface area contributed by atoms with E-state index < -0.39 is 12.1 Å². The summed E-state index contributed by atoms with van der Waals surface area (Å²) in [6.45, 7) is 2.16. The molecule has 2 aliphatic rings. The Labute approximate surface area is 171 Å². The van der Waals surface area contributed by atoms with Gasteiger partial charge >= 0.3 is 5.97 Å². The summed E-state index contributed by atoms with van der Waals surface area (Å²) < 4.78 is 14.4. The van der Waals surface area contributed by atoms with Crippen molar-refractivity contribution in [1.29, 1.82) is 0 Å². The number of alkyl halides is 1. The first kappa shape index (κ1) is 21.5. The van der Waals surface area contributed by atoms with Crippen molar-refractivity contribution in [3.63, 3.8) is 0 Å². The number of aryl methyl sites for hydroxylation is 1. The van der Waals surface area contributed by atoms with E-state index in [0.29, 0.717) is 23.6 Å². The summed E-state index contributed by atoms with van der Waals surface area (Å²) in [6, 6.07) is 3.56. The molecule has 0 spiro atoms. The predicted octanol–water partition coefficient (Wildman–Crippen LogP) is 6.02. The molecule has 156 valence electrons. The lowest BCUT2D eigenvalue weighted by atomic mass is 9.63. The van der Waals surface area contributed by atoms with E-state index >= 15 is 0 Å². The van der Waals surface area contributed by atoms with Crippen molar-refractivity contribution >= 4 is 17.3 Å². The largest absolute Gasteiger partial charge is 0.477 e. The Morgan fingerprint density at radius 1 is 1.39 bits per heavy atom. The maximum atomic E-state index is 14.4. The zero-order valence-corrected chi connectivity index (χ0v) is 17.6. The van der Waals surface area contributed by atoms with Crippen molar-refractivity contribution in [2.75, 3.05) is 0 Å². The van der Waals surface area contributed by atoms with Gasteiger partial charge in [-0.3, -0.25) is 0 Å². The van der Waals surface area contributed by atoms with E-state index in [-0.39, 0.29) is 17.4 Å². The van der Waals surface area contributed by atoms with Gasteiger partial charge in [0.2, 0.25) is 0 Å². The molecule has 28 heavy (non-hydrogen) atoms. The van der Waals surface area contributed by atoms with Gasteiger partial charge in [-0.25, -0.2) is 9.18 Å². The van der Waals surface area contributed by atoms with E-state index in [4.69, 9.17) is 5.11 Å². The summed E-state index contributed by atoms with van der Waals surface area (Å²) in [7, 11) is 0. The number of carboxylic acid groups (broad SMARTS) is 1. The molecule has 4 atom stereocenters. The zero-order valence-electron chi connectivity index (χ0n) is 16.8. The average Bonchev–Trinajstić information content (AvgIpc) is 3.23. The summed E-state index contributed by atoms with van der Waals surface area (Å²) in [5.41, 5.74) is 0.101. The van der Waals surface area contributed by atoms with Crippen LogP contribution in [-0.4, -0.2) is 28.5 Å². The highest BCUT2D eigenvalue weighted by Gasteiger charge is 2.41. The Morgan fingerprint density at radius 3 is 2.79 bits per heavy atom. The quantitative estimate of drug-likeness (QED) is 0.465. The molecule has 2 fully saturated rings. The summed E-state index contributed by atoms with van der Waals surface area (Å²) >= 11 is 1.34. The fraction of sp³-hybridized carbons (Fsp3) is 0.696. The van der Waals surface area contributed by atoms with Crippen molar-refractivity contribution in [3.05, 3.63) is 34.0 Å². The summed E-state index contributed by atoms with van der Waals surface area (Å²) in [6.07, 6.45) is 12.4. The summed E-state index contributed by atoms with van der Waals surface area (Å²) in [4.78, 5) is 12.4. The molecule has 1 aromatic heterocycles. The molecule has 5 heteroatoms. The second-order valence-corrected chi connectivity index (χ2v) is 9.81. The highest BCUT2D eigenvalue weighted by molar-refractivity contribution is 7.13. The Balaban J connectivity index is 1.47. The highest BCUT2D eigenvalue weighted by Crippen LogP contribution is 2.47. The molecular weight excluding hydrogens is 375 g/mol. The van der Waals surface area contributed by atoms with Crippen LogP contribution in [0.25, 0.3) is 0 Å². The molecule has 0 aliphatic heterocycles. The number of aliphatic hydroxyl groups is 1. The average molecular weight is 409 g/mol. The van der Waals surface area contributed by atoms with Crippen molar-refractivity contribution < 1.29 is 19.4 Å². The first-order valence-electron chi connectivity index (χ1n) is 10.8. The minimum Gasteiger partial charge on any atom is -0.477 e. The zero-order chi connectivity index (χ0) is 20.1. The van der Waals surface area contributed by atoms with Gasteiger partial charge in [-0.15, -0.1) is 11.3 Å². The lowest BCUT2D eigenvalue weighted by molar-refractivity contribution is -0.0355. The number of rotatable bonds is 10. The van der Waals surface area contributed by atoms with Gasteiger partial charge in [0, 0.05) is 10.8 Å². The van der Waals surface area contributed by atoms with Crippen LogP contribution in [0, 0.1) is 17.3 Å². The normalized spacial score (nSPS) is 27.8. The number of allylic oxidation sites excluding steroid dienone is 1. The van der Waals surface area contributed by atoms with Gasteiger partial charge in [0.25, 0.3) is 0 Å². The van der Waals surface area contributed by atoms with E-state index in [0.717, 1.165) is 49.8 Å². The Bertz CT molecular complexity index is 674. The monoisotopic (exact) mass is 408 g/mol. The van der Waals surface area contributed by atoms with Crippen molar-refractivity contribution in [2.45, 2.75) is 83.4 Å². The van der Waals surface area contributed by atoms with E-state index in [9.17, 15) is 14.3 Å². The minimum atomic E-state index is -0.869.